The molecule has 1 N–H and O–H groups in total. The summed E-state index contributed by atoms with van der Waals surface area (Å²) in [7, 11) is 2.18. The summed E-state index contributed by atoms with van der Waals surface area (Å²) in [5, 5.41) is 7.53. The van der Waals surface area contributed by atoms with Gasteiger partial charge in [-0.3, -0.25) is 4.98 Å². The van der Waals surface area contributed by atoms with Crippen LogP contribution in [0.1, 0.15) is 0 Å². The number of piperazine rings is 1. The first-order chi connectivity index (χ1) is 14.3. The summed E-state index contributed by atoms with van der Waals surface area (Å²) in [5.41, 5.74) is 5.37. The lowest BCUT2D eigenvalue weighted by Gasteiger charge is -2.34. The average molecular weight is 402 g/mol. The van der Waals surface area contributed by atoms with Crippen LogP contribution in [0.5, 0.6) is 0 Å². The number of nitrogens with one attached hydrogen (secondary N) is 1. The van der Waals surface area contributed by atoms with Crippen LogP contribution in [0.3, 0.4) is 0 Å². The van der Waals surface area contributed by atoms with Crippen LogP contribution in [0, 0.1) is 0 Å². The third-order valence-electron chi connectivity index (χ3n) is 5.41. The van der Waals surface area contributed by atoms with E-state index < -0.39 is 0 Å². The monoisotopic (exact) mass is 401 g/mol. The van der Waals surface area contributed by atoms with Crippen molar-refractivity contribution in [1.29, 1.82) is 0 Å². The predicted octanol–water partition coefficient (Wildman–Crippen LogP) is 4.85. The Bertz CT molecular complexity index is 1110. The summed E-state index contributed by atoms with van der Waals surface area (Å²) in [4.78, 5) is 14.1. The van der Waals surface area contributed by atoms with E-state index in [0.717, 1.165) is 59.2 Å². The third-order valence-corrected chi connectivity index (χ3v) is 6.17. The normalized spacial score (nSPS) is 15.0. The molecule has 5 nitrogen and oxygen atoms in total. The summed E-state index contributed by atoms with van der Waals surface area (Å²) in [6.07, 6.45) is 1.82. The zero-order chi connectivity index (χ0) is 19.6. The zero-order valence-corrected chi connectivity index (χ0v) is 17.2. The number of nitrogens with zero attached hydrogens (tertiary/aromatic N) is 4. The quantitative estimate of drug-likeness (QED) is 0.529. The van der Waals surface area contributed by atoms with Crippen LogP contribution in [-0.2, 0) is 0 Å². The van der Waals surface area contributed by atoms with Crippen molar-refractivity contribution in [2.75, 3.05) is 43.4 Å². The van der Waals surface area contributed by atoms with Gasteiger partial charge in [-0.15, -0.1) is 11.3 Å². The fraction of sp³-hybridized carbons (Fsp3) is 0.217. The van der Waals surface area contributed by atoms with Gasteiger partial charge in [0.05, 0.1) is 16.9 Å². The SMILES string of the molecule is CN1CCN(c2ccc(-c3csc(Nc4cccc5cccnc45)n3)cc2)CC1. The van der Waals surface area contributed by atoms with E-state index in [1.54, 1.807) is 11.3 Å². The van der Waals surface area contributed by atoms with Crippen molar-refractivity contribution < 1.29 is 0 Å². The Morgan fingerprint density at radius 1 is 0.931 bits per heavy atom. The minimum absolute atomic E-state index is 0.876. The highest BCUT2D eigenvalue weighted by atomic mass is 32.1. The van der Waals surface area contributed by atoms with Gasteiger partial charge in [0.1, 0.15) is 0 Å². The summed E-state index contributed by atoms with van der Waals surface area (Å²) in [6.45, 7) is 4.40. The molecule has 1 fully saturated rings. The number of para-hydroxylation sites is 1. The lowest BCUT2D eigenvalue weighted by atomic mass is 10.1. The number of hydrogen-bond acceptors (Lipinski definition) is 6. The molecule has 0 unspecified atom stereocenters. The number of benzene rings is 2. The molecule has 6 heteroatoms. The number of hydrogen-bond donors (Lipinski definition) is 1. The van der Waals surface area contributed by atoms with Crippen LogP contribution in [0.25, 0.3) is 22.2 Å². The van der Waals surface area contributed by atoms with E-state index in [1.165, 1.54) is 5.69 Å². The summed E-state index contributed by atoms with van der Waals surface area (Å²) in [5.74, 6) is 0. The Kier molecular flexibility index (Phi) is 4.87. The number of aromatic nitrogens is 2. The number of rotatable bonds is 4. The maximum absolute atomic E-state index is 4.79. The first-order valence-corrected chi connectivity index (χ1v) is 10.7. The molecule has 0 saturated carbocycles. The molecule has 0 atom stereocenters. The van der Waals surface area contributed by atoms with Crippen molar-refractivity contribution in [3.63, 3.8) is 0 Å². The standard InChI is InChI=1S/C23H23N5S/c1-27-12-14-28(15-13-27)19-9-7-17(8-10-19)21-16-29-23(26-21)25-20-6-2-4-18-5-3-11-24-22(18)20/h2-11,16H,12-15H2,1H3,(H,25,26). The van der Waals surface area contributed by atoms with Gasteiger partial charge in [0.2, 0.25) is 0 Å². The van der Waals surface area contributed by atoms with Crippen LogP contribution in [-0.4, -0.2) is 48.1 Å². The van der Waals surface area contributed by atoms with E-state index in [-0.39, 0.29) is 0 Å². The molecule has 0 bridgehead atoms. The number of likely N-dealkylation sites (N-methyl/N-ethyl adjacent to an activating group) is 1. The molecule has 2 aromatic heterocycles. The van der Waals surface area contributed by atoms with E-state index in [4.69, 9.17) is 4.98 Å². The maximum Gasteiger partial charge on any atom is 0.187 e. The van der Waals surface area contributed by atoms with Gasteiger partial charge in [-0.2, -0.15) is 0 Å². The van der Waals surface area contributed by atoms with Crippen LogP contribution < -0.4 is 10.2 Å². The van der Waals surface area contributed by atoms with Gasteiger partial charge in [0, 0.05) is 54.4 Å². The zero-order valence-electron chi connectivity index (χ0n) is 16.4. The van der Waals surface area contributed by atoms with E-state index in [1.807, 2.05) is 24.4 Å². The Hall–Kier alpha value is -2.96. The van der Waals surface area contributed by atoms with Crippen molar-refractivity contribution in [3.8, 4) is 11.3 Å². The number of fused-ring (bicyclic) bond motifs is 1. The fourth-order valence-corrected chi connectivity index (χ4v) is 4.42. The molecule has 0 spiro atoms. The molecule has 0 amide bonds. The second-order valence-electron chi connectivity index (χ2n) is 7.38. The summed E-state index contributed by atoms with van der Waals surface area (Å²) in [6, 6.07) is 18.9. The van der Waals surface area contributed by atoms with Crippen molar-refractivity contribution in [3.05, 3.63) is 66.2 Å². The molecule has 4 aromatic rings. The number of pyridine rings is 1. The molecule has 29 heavy (non-hydrogen) atoms. The second kappa shape index (κ2) is 7.81. The van der Waals surface area contributed by atoms with Crippen LogP contribution in [0.4, 0.5) is 16.5 Å². The molecule has 0 aliphatic carbocycles. The number of thiazole rings is 1. The van der Waals surface area contributed by atoms with Gasteiger partial charge in [0.15, 0.2) is 5.13 Å². The topological polar surface area (TPSA) is 44.3 Å². The molecule has 146 valence electrons. The molecular weight excluding hydrogens is 378 g/mol. The number of anilines is 3. The molecule has 3 heterocycles. The van der Waals surface area contributed by atoms with E-state index in [0.29, 0.717) is 0 Å². The Balaban J connectivity index is 1.33. The molecule has 1 saturated heterocycles. The van der Waals surface area contributed by atoms with E-state index in [9.17, 15) is 0 Å². The summed E-state index contributed by atoms with van der Waals surface area (Å²) < 4.78 is 0. The Morgan fingerprint density at radius 3 is 2.55 bits per heavy atom. The van der Waals surface area contributed by atoms with Gasteiger partial charge in [0.25, 0.3) is 0 Å². The van der Waals surface area contributed by atoms with Crippen molar-refractivity contribution in [2.45, 2.75) is 0 Å². The molecule has 5 rings (SSSR count). The minimum atomic E-state index is 0.876. The van der Waals surface area contributed by atoms with E-state index >= 15 is 0 Å². The van der Waals surface area contributed by atoms with Gasteiger partial charge in [-0.25, -0.2) is 4.98 Å². The molecule has 2 aromatic carbocycles. The Labute approximate surface area is 174 Å². The van der Waals surface area contributed by atoms with Crippen LogP contribution in [0.2, 0.25) is 0 Å². The smallest absolute Gasteiger partial charge is 0.187 e. The fourth-order valence-electron chi connectivity index (χ4n) is 3.69. The lowest BCUT2D eigenvalue weighted by Crippen LogP contribution is -2.44. The molecule has 0 radical (unpaired) electrons. The summed E-state index contributed by atoms with van der Waals surface area (Å²) >= 11 is 1.61. The highest BCUT2D eigenvalue weighted by molar-refractivity contribution is 7.14. The molecular formula is C23H23N5S. The highest BCUT2D eigenvalue weighted by Crippen LogP contribution is 2.30. The first-order valence-electron chi connectivity index (χ1n) is 9.86. The van der Waals surface area contributed by atoms with E-state index in [2.05, 4.69) is 68.9 Å². The third kappa shape index (κ3) is 3.81. The van der Waals surface area contributed by atoms with Crippen molar-refractivity contribution >= 4 is 38.7 Å². The van der Waals surface area contributed by atoms with Crippen molar-refractivity contribution in [1.82, 2.24) is 14.9 Å². The van der Waals surface area contributed by atoms with Gasteiger partial charge < -0.3 is 15.1 Å². The first kappa shape index (κ1) is 18.1. The minimum Gasteiger partial charge on any atom is -0.369 e. The second-order valence-corrected chi connectivity index (χ2v) is 8.24. The van der Waals surface area contributed by atoms with Crippen LogP contribution >= 0.6 is 11.3 Å². The van der Waals surface area contributed by atoms with Gasteiger partial charge in [-0.1, -0.05) is 30.3 Å². The van der Waals surface area contributed by atoms with Gasteiger partial charge >= 0.3 is 0 Å². The maximum atomic E-state index is 4.79. The molecule has 1 aliphatic rings. The largest absolute Gasteiger partial charge is 0.369 e. The highest BCUT2D eigenvalue weighted by Gasteiger charge is 2.14. The predicted molar refractivity (Wildman–Crippen MR) is 122 cm³/mol. The Morgan fingerprint density at radius 2 is 1.72 bits per heavy atom. The average Bonchev–Trinajstić information content (AvgIpc) is 3.23. The van der Waals surface area contributed by atoms with Crippen LogP contribution in [0.15, 0.2) is 66.2 Å². The van der Waals surface area contributed by atoms with Crippen molar-refractivity contribution in [2.24, 2.45) is 0 Å². The molecule has 1 aliphatic heterocycles. The lowest BCUT2D eigenvalue weighted by molar-refractivity contribution is 0.313. The van der Waals surface area contributed by atoms with Gasteiger partial charge in [-0.05, 0) is 31.3 Å².